The number of guanidine groups is 1. The Balaban J connectivity index is 1.35. The molecule has 0 spiro atoms. The van der Waals surface area contributed by atoms with Gasteiger partial charge in [-0.05, 0) is 51.1 Å². The van der Waals surface area contributed by atoms with Crippen molar-refractivity contribution in [2.75, 3.05) is 44.2 Å². The molecule has 2 aliphatic rings. The Labute approximate surface area is 216 Å². The third-order valence-corrected chi connectivity index (χ3v) is 7.18. The average molecular weight is 509 g/mol. The number of benzene rings is 1. The highest BCUT2D eigenvalue weighted by Gasteiger charge is 2.25. The van der Waals surface area contributed by atoms with Crippen LogP contribution in [0.2, 0.25) is 0 Å². The number of aromatic nitrogens is 3. The first-order chi connectivity index (χ1) is 17.7. The molecule has 1 aromatic carbocycles. The van der Waals surface area contributed by atoms with Gasteiger partial charge in [-0.3, -0.25) is 9.80 Å². The standard InChI is InChI=1S/C27H34F2N8/c1-5-34-8-10-35(11-9-34)15-19-6-7-24(31-14-19)36-16-22(29)25(33-27(36)30)20-12-21(28)26-23(13-20)37(17(2)3)18(4)32-26/h6-7,12-14,17H,5,8-11,15-16H2,1-4H3,(H2,30,33). The highest BCUT2D eigenvalue weighted by Crippen LogP contribution is 2.32. The number of rotatable bonds is 6. The molecule has 0 radical (unpaired) electrons. The predicted octanol–water partition coefficient (Wildman–Crippen LogP) is 4.07. The number of aryl methyl sites for hydroxylation is 1. The van der Waals surface area contributed by atoms with Gasteiger partial charge in [0.1, 0.15) is 28.7 Å². The number of likely N-dealkylation sites (N-methyl/N-ethyl adjacent to an activating group) is 1. The fourth-order valence-electron chi connectivity index (χ4n) is 5.20. The Morgan fingerprint density at radius 3 is 2.43 bits per heavy atom. The third kappa shape index (κ3) is 4.95. The Hall–Kier alpha value is -3.37. The molecule has 4 heterocycles. The first kappa shape index (κ1) is 25.3. The number of nitrogens with two attached hydrogens (primary N) is 1. The lowest BCUT2D eigenvalue weighted by molar-refractivity contribution is 0.132. The van der Waals surface area contributed by atoms with Gasteiger partial charge in [-0.25, -0.2) is 23.7 Å². The highest BCUT2D eigenvalue weighted by atomic mass is 19.1. The molecule has 2 aromatic heterocycles. The molecule has 5 rings (SSSR count). The minimum atomic E-state index is -0.514. The average Bonchev–Trinajstić information content (AvgIpc) is 3.23. The van der Waals surface area contributed by atoms with Crippen molar-refractivity contribution >= 4 is 28.5 Å². The lowest BCUT2D eigenvalue weighted by Crippen LogP contribution is -2.45. The van der Waals surface area contributed by atoms with Crippen LogP contribution in [0.3, 0.4) is 0 Å². The monoisotopic (exact) mass is 508 g/mol. The smallest absolute Gasteiger partial charge is 0.202 e. The number of hydrogen-bond donors (Lipinski definition) is 1. The summed E-state index contributed by atoms with van der Waals surface area (Å²) in [6.07, 6.45) is 1.81. The van der Waals surface area contributed by atoms with Gasteiger partial charge in [0.15, 0.2) is 5.82 Å². The molecule has 0 unspecified atom stereocenters. The van der Waals surface area contributed by atoms with E-state index >= 15 is 4.39 Å². The summed E-state index contributed by atoms with van der Waals surface area (Å²) in [6.45, 7) is 14.0. The Morgan fingerprint density at radius 2 is 1.78 bits per heavy atom. The molecule has 3 aromatic rings. The van der Waals surface area contributed by atoms with Gasteiger partial charge in [0.05, 0.1) is 12.1 Å². The number of pyridine rings is 1. The molecular formula is C27H34F2N8. The minimum absolute atomic E-state index is 0.0338. The van der Waals surface area contributed by atoms with E-state index in [2.05, 4.69) is 31.7 Å². The van der Waals surface area contributed by atoms with Crippen molar-refractivity contribution in [1.29, 1.82) is 0 Å². The maximum atomic E-state index is 15.4. The fourth-order valence-corrected chi connectivity index (χ4v) is 5.20. The normalized spacial score (nSPS) is 17.8. The van der Waals surface area contributed by atoms with Gasteiger partial charge < -0.3 is 15.2 Å². The topological polar surface area (TPSA) is 78.8 Å². The molecule has 1 saturated heterocycles. The van der Waals surface area contributed by atoms with Crippen molar-refractivity contribution in [3.05, 3.63) is 59.1 Å². The van der Waals surface area contributed by atoms with E-state index in [1.807, 2.05) is 43.7 Å². The number of anilines is 1. The quantitative estimate of drug-likeness (QED) is 0.541. The summed E-state index contributed by atoms with van der Waals surface area (Å²) in [5, 5.41) is 0. The Kier molecular flexibility index (Phi) is 6.96. The molecule has 37 heavy (non-hydrogen) atoms. The van der Waals surface area contributed by atoms with E-state index in [-0.39, 0.29) is 29.8 Å². The lowest BCUT2D eigenvalue weighted by atomic mass is 10.1. The van der Waals surface area contributed by atoms with E-state index in [4.69, 9.17) is 5.73 Å². The predicted molar refractivity (Wildman–Crippen MR) is 143 cm³/mol. The molecule has 2 N–H and O–H groups in total. The summed E-state index contributed by atoms with van der Waals surface area (Å²) in [5.74, 6) is 0.317. The molecule has 1 fully saturated rings. The Morgan fingerprint density at radius 1 is 1.05 bits per heavy atom. The second kappa shape index (κ2) is 10.2. The molecule has 0 saturated carbocycles. The van der Waals surface area contributed by atoms with Gasteiger partial charge in [0.2, 0.25) is 5.96 Å². The van der Waals surface area contributed by atoms with Crippen molar-refractivity contribution in [1.82, 2.24) is 24.3 Å². The van der Waals surface area contributed by atoms with Crippen LogP contribution in [0.15, 0.2) is 41.3 Å². The van der Waals surface area contributed by atoms with Crippen LogP contribution in [-0.2, 0) is 6.54 Å². The van der Waals surface area contributed by atoms with Gasteiger partial charge >= 0.3 is 0 Å². The van der Waals surface area contributed by atoms with Crippen LogP contribution in [-0.4, -0.2) is 69.6 Å². The van der Waals surface area contributed by atoms with Gasteiger partial charge in [-0.15, -0.1) is 0 Å². The number of hydrogen-bond acceptors (Lipinski definition) is 7. The molecule has 2 aliphatic heterocycles. The summed E-state index contributed by atoms with van der Waals surface area (Å²) in [7, 11) is 0. The highest BCUT2D eigenvalue weighted by molar-refractivity contribution is 6.00. The van der Waals surface area contributed by atoms with E-state index in [9.17, 15) is 4.39 Å². The van der Waals surface area contributed by atoms with Crippen LogP contribution >= 0.6 is 0 Å². The van der Waals surface area contributed by atoms with Gasteiger partial charge in [0, 0.05) is 50.5 Å². The largest absolute Gasteiger partial charge is 0.369 e. The van der Waals surface area contributed by atoms with Crippen LogP contribution < -0.4 is 10.6 Å². The second-order valence-corrected chi connectivity index (χ2v) is 9.99. The van der Waals surface area contributed by atoms with Crippen molar-refractivity contribution in [3.8, 4) is 0 Å². The molecule has 8 nitrogen and oxygen atoms in total. The van der Waals surface area contributed by atoms with Gasteiger partial charge in [-0.1, -0.05) is 13.0 Å². The fraction of sp³-hybridized carbons (Fsp3) is 0.444. The van der Waals surface area contributed by atoms with Crippen LogP contribution in [0.4, 0.5) is 14.6 Å². The molecule has 0 atom stereocenters. The van der Waals surface area contributed by atoms with Crippen LogP contribution in [0.1, 0.15) is 43.8 Å². The third-order valence-electron chi connectivity index (χ3n) is 7.18. The zero-order valence-electron chi connectivity index (χ0n) is 21.9. The lowest BCUT2D eigenvalue weighted by Gasteiger charge is -2.34. The number of fused-ring (bicyclic) bond motifs is 1. The minimum Gasteiger partial charge on any atom is -0.369 e. The first-order valence-corrected chi connectivity index (χ1v) is 12.8. The molecule has 196 valence electrons. The van der Waals surface area contributed by atoms with E-state index in [1.165, 1.54) is 11.0 Å². The molecule has 0 bridgehead atoms. The van der Waals surface area contributed by atoms with Crippen molar-refractivity contribution < 1.29 is 8.78 Å². The summed E-state index contributed by atoms with van der Waals surface area (Å²) < 4.78 is 32.2. The Bertz CT molecular complexity index is 1350. The SMILES string of the molecule is CCN1CCN(Cc2ccc(N3CC(F)=C(c4cc(F)c5nc(C)n(C(C)C)c5c4)N=C3N)nc2)CC1. The van der Waals surface area contributed by atoms with E-state index < -0.39 is 11.6 Å². The van der Waals surface area contributed by atoms with Gasteiger partial charge in [-0.2, -0.15) is 0 Å². The maximum Gasteiger partial charge on any atom is 0.202 e. The number of nitrogens with zero attached hydrogens (tertiary/aromatic N) is 7. The zero-order valence-corrected chi connectivity index (χ0v) is 21.9. The van der Waals surface area contributed by atoms with Crippen molar-refractivity contribution in [3.63, 3.8) is 0 Å². The van der Waals surface area contributed by atoms with Crippen LogP contribution in [0.25, 0.3) is 16.7 Å². The van der Waals surface area contributed by atoms with E-state index in [0.29, 0.717) is 22.7 Å². The molecular weight excluding hydrogens is 474 g/mol. The number of aliphatic imine (C=N–C) groups is 1. The molecule has 10 heteroatoms. The van der Waals surface area contributed by atoms with Gasteiger partial charge in [0.25, 0.3) is 0 Å². The maximum absolute atomic E-state index is 15.4. The van der Waals surface area contributed by atoms with Crippen LogP contribution in [0, 0.1) is 12.7 Å². The number of imidazole rings is 1. The van der Waals surface area contributed by atoms with Crippen LogP contribution in [0.5, 0.6) is 0 Å². The van der Waals surface area contributed by atoms with E-state index in [0.717, 1.165) is 44.8 Å². The molecule has 0 aliphatic carbocycles. The summed E-state index contributed by atoms with van der Waals surface area (Å²) >= 11 is 0. The summed E-state index contributed by atoms with van der Waals surface area (Å²) in [4.78, 5) is 19.6. The van der Waals surface area contributed by atoms with Crippen molar-refractivity contribution in [2.45, 2.75) is 40.3 Å². The van der Waals surface area contributed by atoms with Crippen molar-refractivity contribution in [2.24, 2.45) is 10.7 Å². The molecule has 0 amide bonds. The number of halogens is 2. The summed E-state index contributed by atoms with van der Waals surface area (Å²) in [6, 6.07) is 6.91. The number of piperazine rings is 1. The van der Waals surface area contributed by atoms with E-state index in [1.54, 1.807) is 6.07 Å². The first-order valence-electron chi connectivity index (χ1n) is 12.8. The summed E-state index contributed by atoms with van der Waals surface area (Å²) in [5.41, 5.74) is 8.59. The zero-order chi connectivity index (χ0) is 26.3. The second-order valence-electron chi connectivity index (χ2n) is 9.99.